The summed E-state index contributed by atoms with van der Waals surface area (Å²) in [6.45, 7) is 4.78. The molecule has 1 atom stereocenters. The van der Waals surface area contributed by atoms with Crippen molar-refractivity contribution in [2.45, 2.75) is 32.4 Å². The quantitative estimate of drug-likeness (QED) is 0.702. The van der Waals surface area contributed by atoms with Gasteiger partial charge in [-0.05, 0) is 13.3 Å². The second kappa shape index (κ2) is 4.52. The Morgan fingerprint density at radius 3 is 2.79 bits per heavy atom. The van der Waals surface area contributed by atoms with Gasteiger partial charge in [-0.25, -0.2) is 0 Å². The molecule has 0 spiro atoms. The van der Waals surface area contributed by atoms with E-state index in [4.69, 9.17) is 0 Å². The Morgan fingerprint density at radius 1 is 1.64 bits per heavy atom. The molecule has 1 heterocycles. The van der Waals surface area contributed by atoms with E-state index < -0.39 is 0 Å². The lowest BCUT2D eigenvalue weighted by atomic mass is 10.0. The molecule has 0 saturated carbocycles. The molecule has 14 heavy (non-hydrogen) atoms. The van der Waals surface area contributed by atoms with Crippen LogP contribution in [0.25, 0.3) is 0 Å². The van der Waals surface area contributed by atoms with Gasteiger partial charge in [0.05, 0.1) is 13.2 Å². The van der Waals surface area contributed by atoms with Crippen molar-refractivity contribution in [1.82, 2.24) is 20.1 Å². The standard InChI is InChI=1S/C9H18N4O/c1-4-9(2,6-14)10-5-8-12-11-7-13(8)3/h7,10,14H,4-6H2,1-3H3. The van der Waals surface area contributed by atoms with Crippen molar-refractivity contribution in [3.63, 3.8) is 0 Å². The minimum atomic E-state index is -0.230. The molecule has 1 aromatic heterocycles. The van der Waals surface area contributed by atoms with Crippen LogP contribution in [-0.4, -0.2) is 32.0 Å². The predicted octanol–water partition coefficient (Wildman–Crippen LogP) is 0.0657. The van der Waals surface area contributed by atoms with Gasteiger partial charge in [0, 0.05) is 12.6 Å². The molecular formula is C9H18N4O. The number of nitrogens with one attached hydrogen (secondary N) is 1. The van der Waals surface area contributed by atoms with Crippen molar-refractivity contribution in [3.8, 4) is 0 Å². The first kappa shape index (κ1) is 11.1. The second-order valence-corrected chi connectivity index (χ2v) is 3.78. The van der Waals surface area contributed by atoms with Crippen LogP contribution in [0.4, 0.5) is 0 Å². The van der Waals surface area contributed by atoms with E-state index in [0.29, 0.717) is 6.54 Å². The van der Waals surface area contributed by atoms with Gasteiger partial charge in [-0.3, -0.25) is 0 Å². The van der Waals surface area contributed by atoms with Gasteiger partial charge in [-0.2, -0.15) is 0 Å². The largest absolute Gasteiger partial charge is 0.394 e. The van der Waals surface area contributed by atoms with Gasteiger partial charge in [-0.1, -0.05) is 6.92 Å². The molecule has 0 aliphatic rings. The van der Waals surface area contributed by atoms with Crippen LogP contribution in [0.15, 0.2) is 6.33 Å². The molecule has 0 aliphatic carbocycles. The molecular weight excluding hydrogens is 180 g/mol. The summed E-state index contributed by atoms with van der Waals surface area (Å²) in [5, 5.41) is 20.2. The average Bonchev–Trinajstić information content (AvgIpc) is 2.61. The third-order valence-corrected chi connectivity index (χ3v) is 2.61. The highest BCUT2D eigenvalue weighted by atomic mass is 16.3. The molecule has 0 bridgehead atoms. The molecule has 1 unspecified atom stereocenters. The number of rotatable bonds is 5. The zero-order valence-corrected chi connectivity index (χ0v) is 8.99. The molecule has 5 nitrogen and oxygen atoms in total. The van der Waals surface area contributed by atoms with Crippen LogP contribution in [0.5, 0.6) is 0 Å². The highest BCUT2D eigenvalue weighted by molar-refractivity contribution is 4.88. The van der Waals surface area contributed by atoms with Crippen molar-refractivity contribution in [3.05, 3.63) is 12.2 Å². The number of aromatic nitrogens is 3. The number of nitrogens with zero attached hydrogens (tertiary/aromatic N) is 3. The summed E-state index contributed by atoms with van der Waals surface area (Å²) in [5.41, 5.74) is -0.230. The molecule has 0 radical (unpaired) electrons. The molecule has 2 N–H and O–H groups in total. The van der Waals surface area contributed by atoms with Gasteiger partial charge in [0.15, 0.2) is 0 Å². The fourth-order valence-corrected chi connectivity index (χ4v) is 1.05. The Hall–Kier alpha value is -0.940. The van der Waals surface area contributed by atoms with E-state index in [1.807, 2.05) is 25.5 Å². The molecule has 0 fully saturated rings. The van der Waals surface area contributed by atoms with Crippen LogP contribution >= 0.6 is 0 Å². The van der Waals surface area contributed by atoms with Crippen LogP contribution in [0.2, 0.25) is 0 Å². The highest BCUT2D eigenvalue weighted by Gasteiger charge is 2.20. The number of aryl methyl sites for hydroxylation is 1. The highest BCUT2D eigenvalue weighted by Crippen LogP contribution is 2.08. The van der Waals surface area contributed by atoms with Gasteiger partial charge in [0.2, 0.25) is 0 Å². The monoisotopic (exact) mass is 198 g/mol. The van der Waals surface area contributed by atoms with E-state index in [1.54, 1.807) is 6.33 Å². The minimum Gasteiger partial charge on any atom is -0.394 e. The summed E-state index contributed by atoms with van der Waals surface area (Å²) in [7, 11) is 1.90. The lowest BCUT2D eigenvalue weighted by molar-refractivity contribution is 0.167. The van der Waals surface area contributed by atoms with E-state index in [9.17, 15) is 5.11 Å². The first-order valence-electron chi connectivity index (χ1n) is 4.80. The summed E-state index contributed by atoms with van der Waals surface area (Å²) in [5.74, 6) is 0.873. The van der Waals surface area contributed by atoms with E-state index in [0.717, 1.165) is 12.2 Å². The molecule has 1 aromatic rings. The molecule has 80 valence electrons. The average molecular weight is 198 g/mol. The molecule has 5 heteroatoms. The fraction of sp³-hybridized carbons (Fsp3) is 0.778. The smallest absolute Gasteiger partial charge is 0.146 e. The number of aliphatic hydroxyl groups excluding tert-OH is 1. The summed E-state index contributed by atoms with van der Waals surface area (Å²) in [6, 6.07) is 0. The molecule has 0 aromatic carbocycles. The van der Waals surface area contributed by atoms with Crippen LogP contribution in [0, 0.1) is 0 Å². The van der Waals surface area contributed by atoms with Gasteiger partial charge >= 0.3 is 0 Å². The summed E-state index contributed by atoms with van der Waals surface area (Å²) in [6.07, 6.45) is 2.54. The Labute approximate surface area is 84.2 Å². The molecule has 0 saturated heterocycles. The summed E-state index contributed by atoms with van der Waals surface area (Å²) >= 11 is 0. The third-order valence-electron chi connectivity index (χ3n) is 2.61. The lowest BCUT2D eigenvalue weighted by Gasteiger charge is -2.26. The van der Waals surface area contributed by atoms with Crippen LogP contribution in [0.1, 0.15) is 26.1 Å². The van der Waals surface area contributed by atoms with Crippen molar-refractivity contribution >= 4 is 0 Å². The number of hydrogen-bond donors (Lipinski definition) is 2. The molecule has 0 aliphatic heterocycles. The van der Waals surface area contributed by atoms with Gasteiger partial charge in [-0.15, -0.1) is 10.2 Å². The zero-order chi connectivity index (χ0) is 10.6. The van der Waals surface area contributed by atoms with Crippen molar-refractivity contribution in [1.29, 1.82) is 0 Å². The van der Waals surface area contributed by atoms with E-state index in [-0.39, 0.29) is 12.1 Å². The van der Waals surface area contributed by atoms with Gasteiger partial charge in [0.25, 0.3) is 0 Å². The SMILES string of the molecule is CCC(C)(CO)NCc1nncn1C. The van der Waals surface area contributed by atoms with E-state index in [1.165, 1.54) is 0 Å². The summed E-state index contributed by atoms with van der Waals surface area (Å²) < 4.78 is 1.86. The van der Waals surface area contributed by atoms with Crippen molar-refractivity contribution in [2.75, 3.05) is 6.61 Å². The Bertz CT molecular complexity index is 280. The third kappa shape index (κ3) is 2.52. The van der Waals surface area contributed by atoms with E-state index in [2.05, 4.69) is 15.5 Å². The Balaban J connectivity index is 2.52. The number of hydrogen-bond acceptors (Lipinski definition) is 4. The molecule has 1 rings (SSSR count). The van der Waals surface area contributed by atoms with Crippen LogP contribution in [-0.2, 0) is 13.6 Å². The van der Waals surface area contributed by atoms with Gasteiger partial charge < -0.3 is 15.0 Å². The van der Waals surface area contributed by atoms with Crippen LogP contribution < -0.4 is 5.32 Å². The maximum atomic E-state index is 9.18. The first-order valence-corrected chi connectivity index (χ1v) is 4.80. The Morgan fingerprint density at radius 2 is 2.36 bits per heavy atom. The van der Waals surface area contributed by atoms with E-state index >= 15 is 0 Å². The van der Waals surface area contributed by atoms with Gasteiger partial charge in [0.1, 0.15) is 12.2 Å². The number of aliphatic hydroxyl groups is 1. The normalized spacial score (nSPS) is 15.4. The second-order valence-electron chi connectivity index (χ2n) is 3.78. The fourth-order valence-electron chi connectivity index (χ4n) is 1.05. The summed E-state index contributed by atoms with van der Waals surface area (Å²) in [4.78, 5) is 0. The topological polar surface area (TPSA) is 63.0 Å². The van der Waals surface area contributed by atoms with Crippen molar-refractivity contribution in [2.24, 2.45) is 7.05 Å². The lowest BCUT2D eigenvalue weighted by Crippen LogP contribution is -2.44. The van der Waals surface area contributed by atoms with Crippen LogP contribution in [0.3, 0.4) is 0 Å². The zero-order valence-electron chi connectivity index (χ0n) is 8.99. The Kier molecular flexibility index (Phi) is 3.60. The minimum absolute atomic E-state index is 0.126. The maximum absolute atomic E-state index is 9.18. The predicted molar refractivity (Wildman–Crippen MR) is 53.6 cm³/mol. The first-order chi connectivity index (χ1) is 6.61. The maximum Gasteiger partial charge on any atom is 0.146 e. The molecule has 0 amide bonds. The van der Waals surface area contributed by atoms with Crippen molar-refractivity contribution < 1.29 is 5.11 Å².